The van der Waals surface area contributed by atoms with Gasteiger partial charge in [-0.05, 0) is 68.0 Å². The fraction of sp³-hybridized carbons (Fsp3) is 0.233. The van der Waals surface area contributed by atoms with Crippen LogP contribution in [-0.2, 0) is 14.9 Å². The van der Waals surface area contributed by atoms with Crippen LogP contribution in [0.25, 0.3) is 16.3 Å². The number of hydrogen-bond donors (Lipinski definition) is 1. The maximum Gasteiger partial charge on any atom is 0.294 e. The zero-order chi connectivity index (χ0) is 29.6. The fourth-order valence-corrected chi connectivity index (χ4v) is 7.38. The molecule has 1 fully saturated rings. The van der Waals surface area contributed by atoms with Crippen molar-refractivity contribution < 1.29 is 17.8 Å². The highest BCUT2D eigenvalue weighted by atomic mass is 35.5. The first kappa shape index (κ1) is 28.4. The van der Waals surface area contributed by atoms with Gasteiger partial charge in [0.2, 0.25) is 0 Å². The summed E-state index contributed by atoms with van der Waals surface area (Å²) in [4.78, 5) is 21.6. The highest BCUT2D eigenvalue weighted by Crippen LogP contribution is 2.51. The molecule has 4 aromatic rings. The largest absolute Gasteiger partial charge is 0.372 e. The molecule has 9 nitrogen and oxygen atoms in total. The van der Waals surface area contributed by atoms with Gasteiger partial charge in [0.05, 0.1) is 26.5 Å². The van der Waals surface area contributed by atoms with Crippen LogP contribution in [0, 0.1) is 0 Å². The molecule has 0 radical (unpaired) electrons. The van der Waals surface area contributed by atoms with Gasteiger partial charge in [0, 0.05) is 25.2 Å². The number of rotatable bonds is 8. The Bertz CT molecular complexity index is 1800. The lowest BCUT2D eigenvalue weighted by Gasteiger charge is -2.55. The van der Waals surface area contributed by atoms with E-state index in [9.17, 15) is 17.8 Å². The average Bonchev–Trinajstić information content (AvgIpc) is 3.60. The van der Waals surface area contributed by atoms with Gasteiger partial charge in [-0.25, -0.2) is 9.99 Å². The molecule has 0 bridgehead atoms. The molecule has 2 aliphatic heterocycles. The van der Waals surface area contributed by atoms with E-state index in [4.69, 9.17) is 21.7 Å². The Labute approximate surface area is 253 Å². The molecule has 3 heterocycles. The number of benzene rings is 3. The van der Waals surface area contributed by atoms with Crippen LogP contribution >= 0.6 is 22.9 Å². The van der Waals surface area contributed by atoms with E-state index in [1.807, 2.05) is 48.6 Å². The second kappa shape index (κ2) is 10.8. The lowest BCUT2D eigenvalue weighted by Crippen LogP contribution is -2.78. The predicted molar refractivity (Wildman–Crippen MR) is 169 cm³/mol. The first-order valence-corrected chi connectivity index (χ1v) is 16.2. The van der Waals surface area contributed by atoms with Crippen LogP contribution in [0.5, 0.6) is 0 Å². The van der Waals surface area contributed by atoms with Gasteiger partial charge in [0.25, 0.3) is 16.0 Å². The molecule has 1 N–H and O–H groups in total. The van der Waals surface area contributed by atoms with E-state index in [1.54, 1.807) is 16.0 Å². The number of alkyl halides is 1. The number of fused-ring (bicyclic) bond motifs is 1. The maximum atomic E-state index is 13.4. The summed E-state index contributed by atoms with van der Waals surface area (Å²) in [6.07, 6.45) is 4.10. The minimum atomic E-state index is -4.48. The van der Waals surface area contributed by atoms with Crippen LogP contribution in [0.2, 0.25) is 0 Å². The molecule has 2 unspecified atom stereocenters. The van der Waals surface area contributed by atoms with E-state index in [1.165, 1.54) is 29.5 Å². The molecule has 1 saturated heterocycles. The number of carbonyl (C=O) groups is 1. The Morgan fingerprint density at radius 2 is 1.81 bits per heavy atom. The maximum absolute atomic E-state index is 13.4. The monoisotopic (exact) mass is 621 g/mol. The number of anilines is 3. The highest BCUT2D eigenvalue weighted by molar-refractivity contribution is 7.85. The summed E-state index contributed by atoms with van der Waals surface area (Å²) < 4.78 is 34.6. The molecule has 0 aliphatic carbocycles. The molecule has 2 aliphatic rings. The second-order valence-corrected chi connectivity index (χ2v) is 12.9. The summed E-state index contributed by atoms with van der Waals surface area (Å²) in [7, 11) is -4.48. The van der Waals surface area contributed by atoms with Gasteiger partial charge in [0.1, 0.15) is 0 Å². The summed E-state index contributed by atoms with van der Waals surface area (Å²) in [5.41, 5.74) is 2.71. The predicted octanol–water partition coefficient (Wildman–Crippen LogP) is 6.02. The number of aromatic nitrogens is 1. The van der Waals surface area contributed by atoms with Crippen molar-refractivity contribution in [3.63, 3.8) is 0 Å². The van der Waals surface area contributed by atoms with Crippen molar-refractivity contribution in [3.8, 4) is 0 Å². The first-order chi connectivity index (χ1) is 20.2. The van der Waals surface area contributed by atoms with Crippen molar-refractivity contribution in [3.05, 3.63) is 84.4 Å². The number of para-hydroxylation sites is 1. The summed E-state index contributed by atoms with van der Waals surface area (Å²) in [5.74, 6) is -0.320. The summed E-state index contributed by atoms with van der Waals surface area (Å²) >= 11 is 8.18. The lowest BCUT2D eigenvalue weighted by atomic mass is 9.87. The molecular weight excluding hydrogens is 594 g/mol. The number of hydrazone groups is 1. The first-order valence-electron chi connectivity index (χ1n) is 13.5. The topological polar surface area (TPSA) is 106 Å². The molecule has 216 valence electrons. The Balaban J connectivity index is 1.40. The van der Waals surface area contributed by atoms with E-state index < -0.39 is 21.2 Å². The number of amides is 1. The van der Waals surface area contributed by atoms with Crippen LogP contribution < -0.4 is 14.8 Å². The van der Waals surface area contributed by atoms with Gasteiger partial charge in [-0.15, -0.1) is 11.6 Å². The number of β-lactam (4-membered cyclic amide) rings is 1. The third kappa shape index (κ3) is 4.76. The fourth-order valence-electron chi connectivity index (χ4n) is 5.45. The average molecular weight is 622 g/mol. The second-order valence-electron chi connectivity index (χ2n) is 10.0. The van der Waals surface area contributed by atoms with Crippen molar-refractivity contribution in [2.24, 2.45) is 5.10 Å². The van der Waals surface area contributed by atoms with Gasteiger partial charge in [-0.3, -0.25) is 14.2 Å². The highest BCUT2D eigenvalue weighted by Gasteiger charge is 2.67. The molecular formula is C30H28ClN5O4S2. The van der Waals surface area contributed by atoms with Crippen molar-refractivity contribution in [2.75, 3.05) is 27.9 Å². The number of allylic oxidation sites excluding steroid dienone is 1. The van der Waals surface area contributed by atoms with E-state index in [-0.39, 0.29) is 17.2 Å². The SMILES string of the molecule is CCN(CC)c1ccc(C=CC2=NN(c3cccc(S(=O)(=O)O)c3)C3(C2)C(Cl)C(=O)N3c2nc3ccccc3s2)cc1. The number of halogens is 1. The summed E-state index contributed by atoms with van der Waals surface area (Å²) in [5, 5.41) is 5.90. The zero-order valence-corrected chi connectivity index (χ0v) is 25.3. The van der Waals surface area contributed by atoms with Crippen molar-refractivity contribution in [1.82, 2.24) is 4.98 Å². The Morgan fingerprint density at radius 3 is 2.50 bits per heavy atom. The Kier molecular flexibility index (Phi) is 7.30. The van der Waals surface area contributed by atoms with Crippen molar-refractivity contribution in [1.29, 1.82) is 0 Å². The molecule has 3 aromatic carbocycles. The quantitative estimate of drug-likeness (QED) is 0.146. The lowest BCUT2D eigenvalue weighted by molar-refractivity contribution is -0.126. The third-order valence-electron chi connectivity index (χ3n) is 7.59. The van der Waals surface area contributed by atoms with Crippen molar-refractivity contribution >= 4 is 77.5 Å². The molecule has 12 heteroatoms. The molecule has 6 rings (SSSR count). The third-order valence-corrected chi connectivity index (χ3v) is 10.00. The van der Waals surface area contributed by atoms with Gasteiger partial charge in [0.15, 0.2) is 16.2 Å². The smallest absolute Gasteiger partial charge is 0.294 e. The summed E-state index contributed by atoms with van der Waals surface area (Å²) in [6.45, 7) is 6.08. The van der Waals surface area contributed by atoms with Crippen LogP contribution in [0.15, 0.2) is 88.9 Å². The van der Waals surface area contributed by atoms with E-state index in [2.05, 4.69) is 30.9 Å². The van der Waals surface area contributed by atoms with E-state index in [0.29, 0.717) is 16.5 Å². The zero-order valence-electron chi connectivity index (χ0n) is 22.9. The van der Waals surface area contributed by atoms with Crippen LogP contribution in [0.1, 0.15) is 25.8 Å². The van der Waals surface area contributed by atoms with Crippen LogP contribution in [-0.4, -0.2) is 53.7 Å². The molecule has 1 spiro atoms. The Hall–Kier alpha value is -3.77. The van der Waals surface area contributed by atoms with Crippen LogP contribution in [0.3, 0.4) is 0 Å². The number of nitrogens with zero attached hydrogens (tertiary/aromatic N) is 5. The molecule has 1 amide bonds. The minimum Gasteiger partial charge on any atom is -0.372 e. The minimum absolute atomic E-state index is 0.271. The molecule has 0 saturated carbocycles. The van der Waals surface area contributed by atoms with Gasteiger partial charge in [-0.2, -0.15) is 13.5 Å². The van der Waals surface area contributed by atoms with E-state index >= 15 is 0 Å². The normalized spacial score (nSPS) is 20.5. The summed E-state index contributed by atoms with van der Waals surface area (Å²) in [6, 6.07) is 21.6. The Morgan fingerprint density at radius 1 is 1.07 bits per heavy atom. The molecule has 42 heavy (non-hydrogen) atoms. The molecule has 2 atom stereocenters. The van der Waals surface area contributed by atoms with Crippen LogP contribution in [0.4, 0.5) is 16.5 Å². The van der Waals surface area contributed by atoms with Crippen molar-refractivity contribution in [2.45, 2.75) is 36.2 Å². The van der Waals surface area contributed by atoms with E-state index in [0.717, 1.165) is 34.6 Å². The van der Waals surface area contributed by atoms with Gasteiger partial charge >= 0.3 is 0 Å². The molecule has 1 aromatic heterocycles. The van der Waals surface area contributed by atoms with Gasteiger partial charge < -0.3 is 4.90 Å². The van der Waals surface area contributed by atoms with Gasteiger partial charge in [-0.1, -0.05) is 47.7 Å². The standard InChI is InChI=1S/C30H28ClN5O4S2/c1-3-34(4-2)22-16-13-20(14-17-22)12-15-21-19-30(36(33-21)23-8-7-9-24(18-23)42(38,39)40)27(31)28(37)35(30)29-32-25-10-5-6-11-26(25)41-29/h5-18,27H,3-4,19H2,1-2H3,(H,38,39,40). The number of hydrogen-bond acceptors (Lipinski definition) is 8. The number of carbonyl (C=O) groups excluding carboxylic acids is 1. The number of thiazole rings is 1.